The number of hydrogen-bond acceptors (Lipinski definition) is 8. The lowest BCUT2D eigenvalue weighted by molar-refractivity contribution is -0.147. The summed E-state index contributed by atoms with van der Waals surface area (Å²) in [7, 11) is -4.04. The molecule has 0 aliphatic carbocycles. The number of amides is 2. The van der Waals surface area contributed by atoms with Crippen molar-refractivity contribution in [2.75, 3.05) is 12.4 Å². The number of ether oxygens (including phenoxy) is 3. The van der Waals surface area contributed by atoms with Crippen LogP contribution in [-0.4, -0.2) is 45.0 Å². The first kappa shape index (κ1) is 26.6. The van der Waals surface area contributed by atoms with Crippen molar-refractivity contribution >= 4 is 28.2 Å². The molecule has 2 aromatic carbocycles. The molecular weight excluding hydrogens is 466 g/mol. The van der Waals surface area contributed by atoms with Gasteiger partial charge in [-0.2, -0.15) is 0 Å². The summed E-state index contributed by atoms with van der Waals surface area (Å²) in [6.07, 6.45) is -2.23. The van der Waals surface area contributed by atoms with Crippen LogP contribution in [0.1, 0.15) is 24.5 Å². The molecule has 2 aromatic rings. The summed E-state index contributed by atoms with van der Waals surface area (Å²) in [5, 5.41) is 2.34. The van der Waals surface area contributed by atoms with Gasteiger partial charge in [0.1, 0.15) is 19.3 Å². The van der Waals surface area contributed by atoms with Gasteiger partial charge in [0.05, 0.1) is 12.4 Å². The molecule has 12 heteroatoms. The second kappa shape index (κ2) is 13.8. The Morgan fingerprint density at radius 1 is 0.824 bits per heavy atom. The van der Waals surface area contributed by atoms with Crippen molar-refractivity contribution in [1.29, 1.82) is 0 Å². The lowest BCUT2D eigenvalue weighted by Gasteiger charge is -2.18. The molecule has 1 atom stereocenters. The highest BCUT2D eigenvalue weighted by Crippen LogP contribution is 2.06. The van der Waals surface area contributed by atoms with Crippen molar-refractivity contribution in [3.05, 3.63) is 71.8 Å². The molecule has 0 fully saturated rings. The van der Waals surface area contributed by atoms with E-state index in [2.05, 4.69) is 10.1 Å². The molecule has 34 heavy (non-hydrogen) atoms. The third-order valence-corrected chi connectivity index (χ3v) is 5.46. The van der Waals surface area contributed by atoms with E-state index in [1.807, 2.05) is 16.3 Å². The van der Waals surface area contributed by atoms with Gasteiger partial charge in [0.2, 0.25) is 10.0 Å². The Morgan fingerprint density at radius 3 is 1.94 bits per heavy atom. The lowest BCUT2D eigenvalue weighted by Crippen LogP contribution is -2.46. The van der Waals surface area contributed by atoms with Gasteiger partial charge in [-0.1, -0.05) is 60.7 Å². The SMILES string of the molecule is CCOC(=O)NNS(=O)(=O)CCC(NC(=O)OCc1ccccc1)C(=O)OCc1ccccc1. The highest BCUT2D eigenvalue weighted by Gasteiger charge is 2.26. The molecule has 0 aromatic heterocycles. The molecule has 1 unspecified atom stereocenters. The van der Waals surface area contributed by atoms with Crippen LogP contribution in [0.2, 0.25) is 0 Å². The second-order valence-electron chi connectivity index (χ2n) is 6.91. The molecule has 0 bridgehead atoms. The van der Waals surface area contributed by atoms with Crippen molar-refractivity contribution in [1.82, 2.24) is 15.6 Å². The molecule has 0 radical (unpaired) electrons. The number of alkyl carbamates (subject to hydrolysis) is 1. The number of hydrogen-bond donors (Lipinski definition) is 3. The maximum absolute atomic E-state index is 12.6. The van der Waals surface area contributed by atoms with Crippen LogP contribution in [-0.2, 0) is 42.2 Å². The monoisotopic (exact) mass is 493 g/mol. The number of carbonyl (C=O) groups excluding carboxylic acids is 3. The Hall–Kier alpha value is -3.64. The van der Waals surface area contributed by atoms with E-state index in [0.717, 1.165) is 5.56 Å². The third kappa shape index (κ3) is 10.3. The molecule has 0 spiro atoms. The predicted molar refractivity (Wildman–Crippen MR) is 121 cm³/mol. The minimum Gasteiger partial charge on any atom is -0.459 e. The largest absolute Gasteiger partial charge is 0.459 e. The van der Waals surface area contributed by atoms with Crippen LogP contribution < -0.4 is 15.6 Å². The average molecular weight is 494 g/mol. The molecule has 2 rings (SSSR count). The second-order valence-corrected chi connectivity index (χ2v) is 8.75. The van der Waals surface area contributed by atoms with Crippen LogP contribution in [0.15, 0.2) is 60.7 Å². The van der Waals surface area contributed by atoms with E-state index in [1.54, 1.807) is 61.5 Å². The molecule has 11 nitrogen and oxygen atoms in total. The number of esters is 1. The summed E-state index contributed by atoms with van der Waals surface area (Å²) >= 11 is 0. The summed E-state index contributed by atoms with van der Waals surface area (Å²) in [5.41, 5.74) is 3.33. The number of benzene rings is 2. The minimum absolute atomic E-state index is 0.0399. The maximum Gasteiger partial charge on any atom is 0.422 e. The first-order valence-electron chi connectivity index (χ1n) is 10.4. The zero-order valence-electron chi connectivity index (χ0n) is 18.6. The Morgan fingerprint density at radius 2 is 1.38 bits per heavy atom. The molecule has 0 saturated carbocycles. The van der Waals surface area contributed by atoms with Crippen molar-refractivity contribution in [2.45, 2.75) is 32.6 Å². The summed E-state index contributed by atoms with van der Waals surface area (Å²) in [5.74, 6) is -1.45. The minimum atomic E-state index is -4.04. The number of sulfonamides is 1. The topological polar surface area (TPSA) is 149 Å². The first-order chi connectivity index (χ1) is 16.3. The van der Waals surface area contributed by atoms with Gasteiger partial charge < -0.3 is 19.5 Å². The van der Waals surface area contributed by atoms with Gasteiger partial charge in [-0.3, -0.25) is 0 Å². The zero-order valence-corrected chi connectivity index (χ0v) is 19.4. The quantitative estimate of drug-likeness (QED) is 0.231. The average Bonchev–Trinajstić information content (AvgIpc) is 2.84. The van der Waals surface area contributed by atoms with Gasteiger partial charge in [0.25, 0.3) is 0 Å². The summed E-state index contributed by atoms with van der Waals surface area (Å²) in [6.45, 7) is 1.51. The fourth-order valence-corrected chi connectivity index (χ4v) is 3.48. The predicted octanol–water partition coefficient (Wildman–Crippen LogP) is 2.00. The molecule has 2 amide bonds. The van der Waals surface area contributed by atoms with E-state index < -0.39 is 40.0 Å². The van der Waals surface area contributed by atoms with Crippen molar-refractivity contribution in [2.24, 2.45) is 0 Å². The molecule has 3 N–H and O–H groups in total. The molecule has 0 saturated heterocycles. The van der Waals surface area contributed by atoms with E-state index in [9.17, 15) is 22.8 Å². The highest BCUT2D eigenvalue weighted by atomic mass is 32.2. The van der Waals surface area contributed by atoms with Crippen LogP contribution >= 0.6 is 0 Å². The van der Waals surface area contributed by atoms with Crippen LogP contribution in [0.4, 0.5) is 9.59 Å². The Balaban J connectivity index is 1.96. The van der Waals surface area contributed by atoms with Gasteiger partial charge >= 0.3 is 18.2 Å². The fourth-order valence-electron chi connectivity index (χ4n) is 2.60. The Bertz CT molecular complexity index is 1030. The van der Waals surface area contributed by atoms with Crippen LogP contribution in [0.5, 0.6) is 0 Å². The van der Waals surface area contributed by atoms with Crippen molar-refractivity contribution in [3.8, 4) is 0 Å². The van der Waals surface area contributed by atoms with E-state index in [0.29, 0.717) is 5.56 Å². The van der Waals surface area contributed by atoms with Crippen LogP contribution in [0.3, 0.4) is 0 Å². The van der Waals surface area contributed by atoms with Gasteiger partial charge in [-0.05, 0) is 24.5 Å². The number of hydrazine groups is 1. The van der Waals surface area contributed by atoms with Crippen molar-refractivity contribution < 1.29 is 37.0 Å². The fraction of sp³-hybridized carbons (Fsp3) is 0.318. The van der Waals surface area contributed by atoms with E-state index in [1.165, 1.54) is 0 Å². The van der Waals surface area contributed by atoms with E-state index in [-0.39, 0.29) is 26.2 Å². The van der Waals surface area contributed by atoms with Gasteiger partial charge in [0, 0.05) is 0 Å². The smallest absolute Gasteiger partial charge is 0.422 e. The van der Waals surface area contributed by atoms with Crippen LogP contribution in [0.25, 0.3) is 0 Å². The lowest BCUT2D eigenvalue weighted by atomic mass is 10.2. The third-order valence-electron chi connectivity index (χ3n) is 4.27. The summed E-state index contributed by atoms with van der Waals surface area (Å²) in [4.78, 5) is 38.0. The number of carbonyl (C=O) groups is 3. The van der Waals surface area contributed by atoms with Gasteiger partial charge in [0.15, 0.2) is 0 Å². The number of rotatable bonds is 12. The van der Waals surface area contributed by atoms with E-state index in [4.69, 9.17) is 9.47 Å². The summed E-state index contributed by atoms with van der Waals surface area (Å²) in [6, 6.07) is 16.4. The first-order valence-corrected chi connectivity index (χ1v) is 12.0. The van der Waals surface area contributed by atoms with Crippen molar-refractivity contribution in [3.63, 3.8) is 0 Å². The standard InChI is InChI=1S/C22H27N3O8S/c1-2-31-22(28)24-25-34(29,30)14-13-19(20(26)32-15-17-9-5-3-6-10-17)23-21(27)33-16-18-11-7-4-8-12-18/h3-12,19,25H,2,13-16H2,1H3,(H,23,27)(H,24,28). The molecule has 0 aliphatic heterocycles. The van der Waals surface area contributed by atoms with Crippen LogP contribution in [0, 0.1) is 0 Å². The molecule has 184 valence electrons. The summed E-state index contributed by atoms with van der Waals surface area (Å²) < 4.78 is 39.2. The number of nitrogens with one attached hydrogen (secondary N) is 3. The molecule has 0 aliphatic rings. The van der Waals surface area contributed by atoms with Gasteiger partial charge in [-0.25, -0.2) is 28.2 Å². The Labute approximate surface area is 197 Å². The normalized spacial score (nSPS) is 11.7. The highest BCUT2D eigenvalue weighted by molar-refractivity contribution is 7.89. The van der Waals surface area contributed by atoms with Gasteiger partial charge in [-0.15, -0.1) is 4.83 Å². The Kier molecular flexibility index (Phi) is 10.8. The van der Waals surface area contributed by atoms with E-state index >= 15 is 0 Å². The zero-order chi connectivity index (χ0) is 24.8. The molecule has 0 heterocycles. The maximum atomic E-state index is 12.6. The molecular formula is C22H27N3O8S.